The van der Waals surface area contributed by atoms with Crippen molar-refractivity contribution in [3.05, 3.63) is 0 Å². The number of hydrogen-bond donors (Lipinski definition) is 1. The van der Waals surface area contributed by atoms with Gasteiger partial charge in [0.1, 0.15) is 0 Å². The molecule has 17 heavy (non-hydrogen) atoms. The summed E-state index contributed by atoms with van der Waals surface area (Å²) in [6, 6.07) is 0.227. The van der Waals surface area contributed by atoms with Gasteiger partial charge in [-0.15, -0.1) is 0 Å². The fourth-order valence-corrected chi connectivity index (χ4v) is 3.22. The van der Waals surface area contributed by atoms with Crippen LogP contribution in [0.4, 0.5) is 4.79 Å². The molecule has 96 valence electrons. The van der Waals surface area contributed by atoms with Crippen LogP contribution in [-0.4, -0.2) is 68.3 Å². The molecule has 0 saturated carbocycles. The van der Waals surface area contributed by atoms with Gasteiger partial charge in [-0.25, -0.2) is 4.79 Å². The summed E-state index contributed by atoms with van der Waals surface area (Å²) in [7, 11) is 0. The molecule has 3 aliphatic rings. The maximum atomic E-state index is 12.4. The van der Waals surface area contributed by atoms with Gasteiger partial charge in [0.05, 0.1) is 13.2 Å². The molecule has 3 rings (SSSR count). The Balaban J connectivity index is 1.61. The van der Waals surface area contributed by atoms with Gasteiger partial charge < -0.3 is 19.9 Å². The van der Waals surface area contributed by atoms with Crippen LogP contribution in [0.15, 0.2) is 0 Å². The van der Waals surface area contributed by atoms with Crippen LogP contribution in [0.3, 0.4) is 0 Å². The van der Waals surface area contributed by atoms with E-state index in [0.717, 1.165) is 39.3 Å². The van der Waals surface area contributed by atoms with Gasteiger partial charge in [0.15, 0.2) is 0 Å². The third kappa shape index (κ3) is 2.40. The zero-order chi connectivity index (χ0) is 11.7. The molecule has 3 fully saturated rings. The second-order valence-electron chi connectivity index (χ2n) is 5.41. The molecule has 3 aliphatic heterocycles. The molecule has 1 N–H and O–H groups in total. The van der Waals surface area contributed by atoms with Crippen molar-refractivity contribution in [3.63, 3.8) is 0 Å². The fraction of sp³-hybridized carbons (Fsp3) is 0.917. The number of rotatable bonds is 0. The predicted molar refractivity (Wildman–Crippen MR) is 63.8 cm³/mol. The number of nitrogens with zero attached hydrogens (tertiary/aromatic N) is 2. The van der Waals surface area contributed by atoms with Crippen molar-refractivity contribution in [1.29, 1.82) is 0 Å². The second kappa shape index (κ2) is 4.82. The fourth-order valence-electron chi connectivity index (χ4n) is 3.22. The maximum Gasteiger partial charge on any atom is 0.320 e. The van der Waals surface area contributed by atoms with E-state index in [1.54, 1.807) is 0 Å². The number of carbonyl (C=O) groups is 1. The van der Waals surface area contributed by atoms with Crippen LogP contribution in [0.2, 0.25) is 0 Å². The predicted octanol–water partition coefficient (Wildman–Crippen LogP) is -0.0201. The minimum Gasteiger partial charge on any atom is -0.378 e. The van der Waals surface area contributed by atoms with Crippen LogP contribution < -0.4 is 5.32 Å². The highest BCUT2D eigenvalue weighted by atomic mass is 16.5. The Morgan fingerprint density at radius 2 is 1.71 bits per heavy atom. The van der Waals surface area contributed by atoms with Crippen LogP contribution in [0.5, 0.6) is 0 Å². The van der Waals surface area contributed by atoms with Crippen LogP contribution in [0.25, 0.3) is 0 Å². The molecular formula is C12H21N3O2. The SMILES string of the molecule is O=C(N1CCOCC1)N1C[C@@H]2CNC[C@@H](C2)C1. The highest BCUT2D eigenvalue weighted by Gasteiger charge is 2.34. The average molecular weight is 239 g/mol. The number of urea groups is 1. The molecule has 0 aromatic rings. The molecule has 5 heteroatoms. The number of morpholine rings is 1. The third-order valence-corrected chi connectivity index (χ3v) is 4.04. The first-order valence-electron chi connectivity index (χ1n) is 6.65. The monoisotopic (exact) mass is 239 g/mol. The van der Waals surface area contributed by atoms with Gasteiger partial charge in [-0.05, 0) is 31.3 Å². The molecule has 2 atom stereocenters. The largest absolute Gasteiger partial charge is 0.378 e. The van der Waals surface area contributed by atoms with E-state index in [9.17, 15) is 4.79 Å². The van der Waals surface area contributed by atoms with Crippen molar-refractivity contribution in [2.45, 2.75) is 6.42 Å². The molecule has 3 saturated heterocycles. The summed E-state index contributed by atoms with van der Waals surface area (Å²) in [5.74, 6) is 1.32. The van der Waals surface area contributed by atoms with Gasteiger partial charge in [-0.2, -0.15) is 0 Å². The van der Waals surface area contributed by atoms with Gasteiger partial charge in [0.2, 0.25) is 0 Å². The summed E-state index contributed by atoms with van der Waals surface area (Å²) < 4.78 is 5.29. The van der Waals surface area contributed by atoms with Crippen LogP contribution >= 0.6 is 0 Å². The number of carbonyl (C=O) groups excluding carboxylic acids is 1. The number of hydrogen-bond acceptors (Lipinski definition) is 3. The van der Waals surface area contributed by atoms with Crippen molar-refractivity contribution in [1.82, 2.24) is 15.1 Å². The lowest BCUT2D eigenvalue weighted by molar-refractivity contribution is 0.0322. The zero-order valence-electron chi connectivity index (χ0n) is 10.2. The molecule has 0 radical (unpaired) electrons. The smallest absolute Gasteiger partial charge is 0.320 e. The van der Waals surface area contributed by atoms with Crippen molar-refractivity contribution in [2.75, 3.05) is 52.5 Å². The first kappa shape index (κ1) is 11.3. The standard InChI is InChI=1S/C12H21N3O2/c16-12(14-1-3-17-4-2-14)15-8-10-5-11(9-15)7-13-6-10/h10-11,13H,1-9H2/t10-,11+. The van der Waals surface area contributed by atoms with Crippen LogP contribution in [-0.2, 0) is 4.74 Å². The van der Waals surface area contributed by atoms with Gasteiger partial charge in [0, 0.05) is 26.2 Å². The molecule has 0 unspecified atom stereocenters. The summed E-state index contributed by atoms with van der Waals surface area (Å²) >= 11 is 0. The molecule has 0 aliphatic carbocycles. The highest BCUT2D eigenvalue weighted by Crippen LogP contribution is 2.25. The summed E-state index contributed by atoms with van der Waals surface area (Å²) in [5.41, 5.74) is 0. The summed E-state index contributed by atoms with van der Waals surface area (Å²) in [5, 5.41) is 3.45. The van der Waals surface area contributed by atoms with E-state index in [4.69, 9.17) is 4.74 Å². The Kier molecular flexibility index (Phi) is 3.20. The molecular weight excluding hydrogens is 218 g/mol. The average Bonchev–Trinajstić information content (AvgIpc) is 2.38. The van der Waals surface area contributed by atoms with E-state index < -0.39 is 0 Å². The first-order chi connectivity index (χ1) is 8.33. The topological polar surface area (TPSA) is 44.8 Å². The lowest BCUT2D eigenvalue weighted by Crippen LogP contribution is -2.57. The molecule has 0 aromatic carbocycles. The van der Waals surface area contributed by atoms with Crippen LogP contribution in [0, 0.1) is 11.8 Å². The van der Waals surface area contributed by atoms with Crippen LogP contribution in [0.1, 0.15) is 6.42 Å². The Morgan fingerprint density at radius 1 is 1.06 bits per heavy atom. The number of piperidine rings is 2. The van der Waals surface area contributed by atoms with Crippen molar-refractivity contribution in [3.8, 4) is 0 Å². The number of amides is 2. The molecule has 0 spiro atoms. The van der Waals surface area contributed by atoms with E-state index >= 15 is 0 Å². The molecule has 2 bridgehead atoms. The van der Waals surface area contributed by atoms with Gasteiger partial charge in [-0.1, -0.05) is 0 Å². The maximum absolute atomic E-state index is 12.4. The normalized spacial score (nSPS) is 33.6. The summed E-state index contributed by atoms with van der Waals surface area (Å²) in [6.07, 6.45) is 1.29. The third-order valence-electron chi connectivity index (χ3n) is 4.04. The van der Waals surface area contributed by atoms with E-state index in [1.807, 2.05) is 4.90 Å². The lowest BCUT2D eigenvalue weighted by Gasteiger charge is -2.43. The van der Waals surface area contributed by atoms with Crippen molar-refractivity contribution in [2.24, 2.45) is 11.8 Å². The minimum absolute atomic E-state index is 0.227. The number of likely N-dealkylation sites (tertiary alicyclic amines) is 1. The summed E-state index contributed by atoms with van der Waals surface area (Å²) in [6.45, 7) is 6.89. The van der Waals surface area contributed by atoms with Gasteiger partial charge in [-0.3, -0.25) is 0 Å². The van der Waals surface area contributed by atoms with Crippen molar-refractivity contribution < 1.29 is 9.53 Å². The quantitative estimate of drug-likeness (QED) is 0.646. The molecule has 2 amide bonds. The summed E-state index contributed by atoms with van der Waals surface area (Å²) in [4.78, 5) is 16.4. The number of fused-ring (bicyclic) bond motifs is 2. The second-order valence-corrected chi connectivity index (χ2v) is 5.41. The Morgan fingerprint density at radius 3 is 2.35 bits per heavy atom. The van der Waals surface area contributed by atoms with E-state index in [-0.39, 0.29) is 6.03 Å². The van der Waals surface area contributed by atoms with Gasteiger partial charge >= 0.3 is 6.03 Å². The Hall–Kier alpha value is -0.810. The van der Waals surface area contributed by atoms with E-state index in [2.05, 4.69) is 10.2 Å². The molecule has 3 heterocycles. The van der Waals surface area contributed by atoms with Crippen molar-refractivity contribution >= 4 is 6.03 Å². The molecule has 5 nitrogen and oxygen atoms in total. The Labute approximate surface area is 102 Å². The minimum atomic E-state index is 0.227. The van der Waals surface area contributed by atoms with E-state index in [1.165, 1.54) is 6.42 Å². The lowest BCUT2D eigenvalue weighted by atomic mass is 9.86. The zero-order valence-corrected chi connectivity index (χ0v) is 10.2. The van der Waals surface area contributed by atoms with Gasteiger partial charge in [0.25, 0.3) is 0 Å². The number of ether oxygens (including phenoxy) is 1. The Bertz CT molecular complexity index is 279. The molecule has 0 aromatic heterocycles. The van der Waals surface area contributed by atoms with E-state index in [0.29, 0.717) is 25.0 Å². The first-order valence-corrected chi connectivity index (χ1v) is 6.65. The highest BCUT2D eigenvalue weighted by molar-refractivity contribution is 5.74. The number of nitrogens with one attached hydrogen (secondary N) is 1.